The normalized spacial score (nSPS) is 17.6. The van der Waals surface area contributed by atoms with E-state index in [1.165, 1.54) is 5.56 Å². The van der Waals surface area contributed by atoms with Gasteiger partial charge in [0, 0.05) is 43.6 Å². The van der Waals surface area contributed by atoms with E-state index in [2.05, 4.69) is 46.8 Å². The van der Waals surface area contributed by atoms with E-state index >= 15 is 0 Å². The van der Waals surface area contributed by atoms with Crippen molar-refractivity contribution in [1.29, 1.82) is 0 Å². The molecule has 9 nitrogen and oxygen atoms in total. The number of anilines is 3. The Morgan fingerprint density at radius 3 is 2.10 bits per heavy atom. The number of para-hydroxylation sites is 2. The molecule has 0 unspecified atom stereocenters. The Bertz CT molecular complexity index is 1600. The third-order valence-electron chi connectivity index (χ3n) is 8.43. The molecule has 4 aromatic rings. The molecule has 2 amide bonds. The van der Waals surface area contributed by atoms with Gasteiger partial charge in [-0.15, -0.1) is 0 Å². The minimum atomic E-state index is -0.573. The first-order valence-electron chi connectivity index (χ1n) is 16.6. The summed E-state index contributed by atoms with van der Waals surface area (Å²) in [6.45, 7) is 1.55. The third-order valence-corrected chi connectivity index (χ3v) is 8.43. The number of unbranched alkanes of at least 4 members (excludes halogenated alkanes) is 2. The monoisotopic (exact) mass is 650 g/mol. The highest BCUT2D eigenvalue weighted by atomic mass is 16.7. The largest absolute Gasteiger partial charge is 0.397 e. The van der Waals surface area contributed by atoms with Gasteiger partial charge in [-0.25, -0.2) is 0 Å². The lowest BCUT2D eigenvalue weighted by atomic mass is 9.99. The molecule has 0 aromatic heterocycles. The quantitative estimate of drug-likeness (QED) is 0.0809. The molecule has 3 atom stereocenters. The molecule has 4 aromatic carbocycles. The van der Waals surface area contributed by atoms with Gasteiger partial charge in [0.25, 0.3) is 0 Å². The summed E-state index contributed by atoms with van der Waals surface area (Å²) >= 11 is 0. The van der Waals surface area contributed by atoms with Crippen molar-refractivity contribution < 1.29 is 24.2 Å². The number of nitrogens with two attached hydrogens (primary N) is 1. The summed E-state index contributed by atoms with van der Waals surface area (Å²) in [4.78, 5) is 27.1. The summed E-state index contributed by atoms with van der Waals surface area (Å²) in [5.41, 5.74) is 11.8. The number of carbonyl (C=O) groups is 2. The van der Waals surface area contributed by atoms with E-state index in [0.717, 1.165) is 36.2 Å². The van der Waals surface area contributed by atoms with Crippen LogP contribution in [0, 0.1) is 0 Å². The molecule has 0 spiro atoms. The lowest BCUT2D eigenvalue weighted by molar-refractivity contribution is -0.252. The highest BCUT2D eigenvalue weighted by molar-refractivity contribution is 5.93. The van der Waals surface area contributed by atoms with Gasteiger partial charge in [-0.3, -0.25) is 14.5 Å². The van der Waals surface area contributed by atoms with Crippen LogP contribution in [0.4, 0.5) is 17.1 Å². The van der Waals surface area contributed by atoms with Gasteiger partial charge >= 0.3 is 0 Å². The van der Waals surface area contributed by atoms with Crippen LogP contribution in [0.1, 0.15) is 73.2 Å². The molecule has 5 N–H and O–H groups in total. The van der Waals surface area contributed by atoms with Crippen molar-refractivity contribution in [3.63, 3.8) is 0 Å². The number of ether oxygens (including phenoxy) is 2. The summed E-state index contributed by atoms with van der Waals surface area (Å²) in [5, 5.41) is 15.3. The van der Waals surface area contributed by atoms with Crippen LogP contribution in [0.25, 0.3) is 0 Å². The van der Waals surface area contributed by atoms with Crippen molar-refractivity contribution in [3.8, 4) is 0 Å². The van der Waals surface area contributed by atoms with E-state index in [1.54, 1.807) is 12.1 Å². The maximum atomic E-state index is 12.6. The second-order valence-corrected chi connectivity index (χ2v) is 12.4. The first-order chi connectivity index (χ1) is 23.4. The molecule has 0 saturated carbocycles. The maximum absolute atomic E-state index is 12.6. The van der Waals surface area contributed by atoms with Gasteiger partial charge in [0.2, 0.25) is 11.8 Å². The minimum absolute atomic E-state index is 0.00247. The predicted molar refractivity (Wildman–Crippen MR) is 189 cm³/mol. The van der Waals surface area contributed by atoms with Crippen LogP contribution in [0.15, 0.2) is 103 Å². The zero-order valence-electron chi connectivity index (χ0n) is 27.5. The average molecular weight is 651 g/mol. The van der Waals surface area contributed by atoms with E-state index in [0.29, 0.717) is 49.2 Å². The fourth-order valence-electron chi connectivity index (χ4n) is 5.86. The molecule has 48 heavy (non-hydrogen) atoms. The summed E-state index contributed by atoms with van der Waals surface area (Å²) in [6, 6.07) is 33.0. The molecule has 0 radical (unpaired) electrons. The number of nitrogen functional groups attached to an aromatic ring is 1. The van der Waals surface area contributed by atoms with Gasteiger partial charge in [-0.05, 0) is 60.8 Å². The molecule has 0 bridgehead atoms. The van der Waals surface area contributed by atoms with E-state index in [-0.39, 0.29) is 30.6 Å². The average Bonchev–Trinajstić information content (AvgIpc) is 3.09. The fourth-order valence-corrected chi connectivity index (χ4v) is 5.86. The molecular formula is C39H46N4O5. The molecule has 1 heterocycles. The fraction of sp³-hybridized carbons (Fsp3) is 0.333. The Morgan fingerprint density at radius 1 is 0.771 bits per heavy atom. The zero-order valence-corrected chi connectivity index (χ0v) is 27.5. The van der Waals surface area contributed by atoms with Crippen molar-refractivity contribution in [3.05, 3.63) is 125 Å². The lowest BCUT2D eigenvalue weighted by Crippen LogP contribution is -2.37. The van der Waals surface area contributed by atoms with Crippen molar-refractivity contribution in [2.45, 2.75) is 70.2 Å². The SMILES string of the molecule is CN(Cc1ccccc1)C[C@@H]1C[C@H](c2ccc(CO)cc2)O[C@H](c2ccc(NC(=O)CCCCCC(=O)Nc3ccccc3N)cc2)O1. The van der Waals surface area contributed by atoms with E-state index in [9.17, 15) is 14.7 Å². The van der Waals surface area contributed by atoms with Gasteiger partial charge in [0.1, 0.15) is 0 Å². The van der Waals surface area contributed by atoms with Crippen LogP contribution in [-0.4, -0.2) is 41.5 Å². The van der Waals surface area contributed by atoms with Crippen LogP contribution in [0.5, 0.6) is 0 Å². The minimum Gasteiger partial charge on any atom is -0.397 e. The van der Waals surface area contributed by atoms with Gasteiger partial charge in [0.05, 0.1) is 30.2 Å². The van der Waals surface area contributed by atoms with Crippen LogP contribution in [-0.2, 0) is 32.2 Å². The third kappa shape index (κ3) is 10.5. The maximum Gasteiger partial charge on any atom is 0.224 e. The molecular weight excluding hydrogens is 604 g/mol. The number of likely N-dealkylation sites (N-methyl/N-ethyl adjacent to an activating group) is 1. The number of hydrogen-bond donors (Lipinski definition) is 4. The second kappa shape index (κ2) is 17.6. The summed E-state index contributed by atoms with van der Waals surface area (Å²) in [6.07, 6.45) is 2.79. The lowest BCUT2D eigenvalue weighted by Gasteiger charge is -2.38. The topological polar surface area (TPSA) is 126 Å². The van der Waals surface area contributed by atoms with Gasteiger partial charge in [-0.2, -0.15) is 0 Å². The van der Waals surface area contributed by atoms with Crippen molar-refractivity contribution in [2.24, 2.45) is 0 Å². The van der Waals surface area contributed by atoms with Gasteiger partial charge < -0.3 is 30.9 Å². The number of nitrogens with zero attached hydrogens (tertiary/aromatic N) is 1. The van der Waals surface area contributed by atoms with E-state index in [1.807, 2.05) is 66.7 Å². The number of amides is 2. The smallest absolute Gasteiger partial charge is 0.224 e. The highest BCUT2D eigenvalue weighted by Crippen LogP contribution is 2.38. The molecule has 1 fully saturated rings. The number of carbonyl (C=O) groups excluding carboxylic acids is 2. The Morgan fingerprint density at radius 2 is 1.42 bits per heavy atom. The standard InChI is InChI=1S/C39H46N4O5/c1-43(25-28-10-4-2-5-11-28)26-33-24-36(30-18-16-29(27-44)17-19-30)48-39(47-33)31-20-22-32(23-21-31)41-37(45)14-6-3-7-15-38(46)42-35-13-9-8-12-34(35)40/h2,4-5,8-13,16-23,33,36,39,44H,3,6-7,14-15,24-27,40H2,1H3,(H,41,45)(H,42,46)/t33-,36+,39+/m0/s1. The molecule has 1 aliphatic rings. The van der Waals surface area contributed by atoms with E-state index in [4.69, 9.17) is 15.2 Å². The molecule has 1 aliphatic heterocycles. The number of benzene rings is 4. The number of aliphatic hydroxyl groups is 1. The van der Waals surface area contributed by atoms with Gasteiger partial charge in [0.15, 0.2) is 6.29 Å². The zero-order chi connectivity index (χ0) is 33.7. The molecule has 0 aliphatic carbocycles. The Labute approximate surface area is 283 Å². The number of nitrogens with one attached hydrogen (secondary N) is 2. The van der Waals surface area contributed by atoms with Crippen LogP contribution in [0.2, 0.25) is 0 Å². The Hall–Kier alpha value is -4.54. The van der Waals surface area contributed by atoms with Crippen LogP contribution >= 0.6 is 0 Å². The Balaban J connectivity index is 1.12. The first kappa shape index (κ1) is 34.8. The summed E-state index contributed by atoms with van der Waals surface area (Å²) < 4.78 is 13.0. The van der Waals surface area contributed by atoms with Crippen molar-refractivity contribution in [2.75, 3.05) is 30.0 Å². The summed E-state index contributed by atoms with van der Waals surface area (Å²) in [7, 11) is 2.10. The Kier molecular flexibility index (Phi) is 12.7. The van der Waals surface area contributed by atoms with Crippen LogP contribution in [0.3, 0.4) is 0 Å². The van der Waals surface area contributed by atoms with Gasteiger partial charge in [-0.1, -0.05) is 85.3 Å². The number of hydrogen-bond acceptors (Lipinski definition) is 7. The van der Waals surface area contributed by atoms with Crippen molar-refractivity contribution >= 4 is 28.9 Å². The molecule has 1 saturated heterocycles. The summed E-state index contributed by atoms with van der Waals surface area (Å²) in [5.74, 6) is -0.151. The predicted octanol–water partition coefficient (Wildman–Crippen LogP) is 6.97. The number of rotatable bonds is 15. The second-order valence-electron chi connectivity index (χ2n) is 12.4. The van der Waals surface area contributed by atoms with Crippen LogP contribution < -0.4 is 16.4 Å². The molecule has 5 rings (SSSR count). The van der Waals surface area contributed by atoms with Crippen molar-refractivity contribution in [1.82, 2.24) is 4.90 Å². The first-order valence-corrected chi connectivity index (χ1v) is 16.6. The number of aliphatic hydroxyl groups excluding tert-OH is 1. The highest BCUT2D eigenvalue weighted by Gasteiger charge is 2.32. The molecule has 252 valence electrons. The van der Waals surface area contributed by atoms with E-state index < -0.39 is 6.29 Å². The molecule has 9 heteroatoms.